The molecule has 1 heterocycles. The van der Waals surface area contributed by atoms with Gasteiger partial charge in [-0.1, -0.05) is 11.2 Å². The quantitative estimate of drug-likeness (QED) is 0.774. The molecule has 0 spiro atoms. The van der Waals surface area contributed by atoms with Crippen LogP contribution in [0.25, 0.3) is 0 Å². The molecule has 0 aliphatic rings. The Balaban J connectivity index is 1.94. The van der Waals surface area contributed by atoms with E-state index in [2.05, 4.69) is 10.5 Å². The zero-order chi connectivity index (χ0) is 18.4. The van der Waals surface area contributed by atoms with E-state index in [0.29, 0.717) is 30.7 Å². The molecule has 1 N–H and O–H groups in total. The predicted octanol–water partition coefficient (Wildman–Crippen LogP) is 2.34. The van der Waals surface area contributed by atoms with E-state index in [9.17, 15) is 9.59 Å². The first kappa shape index (κ1) is 18.5. The Bertz CT molecular complexity index is 747. The highest BCUT2D eigenvalue weighted by Gasteiger charge is 2.14. The molecule has 134 valence electrons. The number of aromatic nitrogens is 1. The summed E-state index contributed by atoms with van der Waals surface area (Å²) >= 11 is 0. The van der Waals surface area contributed by atoms with E-state index < -0.39 is 5.97 Å². The van der Waals surface area contributed by atoms with Gasteiger partial charge in [0, 0.05) is 18.5 Å². The molecule has 25 heavy (non-hydrogen) atoms. The molecular weight excluding hydrogens is 324 g/mol. The van der Waals surface area contributed by atoms with Gasteiger partial charge in [0.15, 0.2) is 0 Å². The van der Waals surface area contributed by atoms with E-state index >= 15 is 0 Å². The van der Waals surface area contributed by atoms with Gasteiger partial charge in [0.1, 0.15) is 17.1 Å². The second-order valence-corrected chi connectivity index (χ2v) is 5.61. The molecule has 0 aliphatic carbocycles. The van der Waals surface area contributed by atoms with Gasteiger partial charge in [-0.3, -0.25) is 4.79 Å². The Kier molecular flexibility index (Phi) is 6.16. The minimum absolute atomic E-state index is 0.0876. The van der Waals surface area contributed by atoms with Gasteiger partial charge in [0.25, 0.3) is 0 Å². The van der Waals surface area contributed by atoms with Crippen LogP contribution in [0.2, 0.25) is 0 Å². The lowest BCUT2D eigenvalue weighted by Crippen LogP contribution is -2.23. The number of carbonyl (C=O) groups excluding carboxylic acids is 2. The third-order valence-electron chi connectivity index (χ3n) is 3.94. The number of esters is 1. The first-order valence-corrected chi connectivity index (χ1v) is 7.90. The van der Waals surface area contributed by atoms with Gasteiger partial charge in [0.2, 0.25) is 5.91 Å². The third kappa shape index (κ3) is 4.59. The molecule has 0 aliphatic heterocycles. The van der Waals surface area contributed by atoms with Crippen molar-refractivity contribution in [2.45, 2.75) is 33.2 Å². The molecule has 7 nitrogen and oxygen atoms in total. The number of nitrogens with one attached hydrogen (secondary N) is 1. The fourth-order valence-corrected chi connectivity index (χ4v) is 2.52. The van der Waals surface area contributed by atoms with E-state index in [0.717, 1.165) is 22.6 Å². The molecule has 0 atom stereocenters. The summed E-state index contributed by atoms with van der Waals surface area (Å²) in [6.07, 6.45) is 0.909. The number of methoxy groups -OCH3 is 2. The summed E-state index contributed by atoms with van der Waals surface area (Å²) in [6, 6.07) is 5.12. The molecular formula is C18H22N2O5. The average molecular weight is 346 g/mol. The fraction of sp³-hybridized carbons (Fsp3) is 0.389. The van der Waals surface area contributed by atoms with Crippen molar-refractivity contribution >= 4 is 11.9 Å². The monoisotopic (exact) mass is 346 g/mol. The van der Waals surface area contributed by atoms with Crippen LogP contribution in [0.1, 0.15) is 39.4 Å². The number of hydrogen-bond donors (Lipinski definition) is 1. The van der Waals surface area contributed by atoms with E-state index in [-0.39, 0.29) is 5.91 Å². The molecule has 0 fully saturated rings. The summed E-state index contributed by atoms with van der Waals surface area (Å²) < 4.78 is 15.0. The normalized spacial score (nSPS) is 10.4. The highest BCUT2D eigenvalue weighted by molar-refractivity contribution is 5.92. The lowest BCUT2D eigenvalue weighted by Gasteiger charge is -2.10. The smallest absolute Gasteiger partial charge is 0.341 e. The first-order chi connectivity index (χ1) is 12.0. The maximum atomic E-state index is 12.1. The topological polar surface area (TPSA) is 90.7 Å². The molecule has 0 saturated heterocycles. The number of benzene rings is 1. The fourth-order valence-electron chi connectivity index (χ4n) is 2.52. The summed E-state index contributed by atoms with van der Waals surface area (Å²) in [5, 5.41) is 6.71. The van der Waals surface area contributed by atoms with Crippen LogP contribution in [0, 0.1) is 13.8 Å². The SMILES string of the molecule is COC(=O)c1cc(CNC(=O)CCc2c(C)noc2C)ccc1OC. The van der Waals surface area contributed by atoms with Gasteiger partial charge >= 0.3 is 5.97 Å². The van der Waals surface area contributed by atoms with E-state index in [1.807, 2.05) is 13.8 Å². The Labute approximate surface area is 146 Å². The Morgan fingerprint density at radius 1 is 1.24 bits per heavy atom. The van der Waals surface area contributed by atoms with Crippen molar-refractivity contribution < 1.29 is 23.6 Å². The molecule has 1 aromatic heterocycles. The minimum atomic E-state index is -0.483. The highest BCUT2D eigenvalue weighted by atomic mass is 16.5. The summed E-state index contributed by atoms with van der Waals surface area (Å²) in [7, 11) is 2.79. The molecule has 1 amide bonds. The van der Waals surface area contributed by atoms with Crippen LogP contribution in [-0.4, -0.2) is 31.3 Å². The summed E-state index contributed by atoms with van der Waals surface area (Å²) in [4.78, 5) is 23.8. The maximum absolute atomic E-state index is 12.1. The number of rotatable bonds is 7. The molecule has 7 heteroatoms. The van der Waals surface area contributed by atoms with Crippen molar-refractivity contribution in [2.24, 2.45) is 0 Å². The van der Waals surface area contributed by atoms with Gasteiger partial charge < -0.3 is 19.3 Å². The van der Waals surface area contributed by atoms with E-state index in [4.69, 9.17) is 14.0 Å². The van der Waals surface area contributed by atoms with E-state index in [1.165, 1.54) is 14.2 Å². The molecule has 2 aromatic rings. The van der Waals surface area contributed by atoms with Crippen molar-refractivity contribution in [1.82, 2.24) is 10.5 Å². The second kappa shape index (κ2) is 8.32. The molecule has 2 rings (SSSR count). The maximum Gasteiger partial charge on any atom is 0.341 e. The number of hydrogen-bond acceptors (Lipinski definition) is 6. The third-order valence-corrected chi connectivity index (χ3v) is 3.94. The Morgan fingerprint density at radius 3 is 2.60 bits per heavy atom. The molecule has 0 bridgehead atoms. The van der Waals surface area contributed by atoms with Gasteiger partial charge in [0.05, 0.1) is 19.9 Å². The summed E-state index contributed by atoms with van der Waals surface area (Å²) in [6.45, 7) is 4.00. The number of amides is 1. The van der Waals surface area contributed by atoms with Crippen LogP contribution in [-0.2, 0) is 22.5 Å². The zero-order valence-electron chi connectivity index (χ0n) is 14.8. The molecule has 0 radical (unpaired) electrons. The number of aryl methyl sites for hydroxylation is 2. The minimum Gasteiger partial charge on any atom is -0.496 e. The average Bonchev–Trinajstić information content (AvgIpc) is 2.95. The van der Waals surface area contributed by atoms with Crippen LogP contribution in [0.3, 0.4) is 0 Å². The van der Waals surface area contributed by atoms with Crippen molar-refractivity contribution in [2.75, 3.05) is 14.2 Å². The lowest BCUT2D eigenvalue weighted by molar-refractivity contribution is -0.121. The van der Waals surface area contributed by atoms with Gasteiger partial charge in [-0.05, 0) is 38.0 Å². The van der Waals surface area contributed by atoms with Crippen LogP contribution < -0.4 is 10.1 Å². The van der Waals surface area contributed by atoms with Gasteiger partial charge in [-0.15, -0.1) is 0 Å². The predicted molar refractivity (Wildman–Crippen MR) is 90.5 cm³/mol. The standard InChI is InChI=1S/C18H22N2O5/c1-11-14(12(2)25-20-11)6-8-17(21)19-10-13-5-7-16(23-3)15(9-13)18(22)24-4/h5,7,9H,6,8,10H2,1-4H3,(H,19,21). The van der Waals surface area contributed by atoms with Crippen LogP contribution in [0.4, 0.5) is 0 Å². The Hall–Kier alpha value is -2.83. The van der Waals surface area contributed by atoms with Crippen molar-refractivity contribution in [1.29, 1.82) is 0 Å². The molecule has 1 aromatic carbocycles. The number of nitrogens with zero attached hydrogens (tertiary/aromatic N) is 1. The molecule has 0 unspecified atom stereocenters. The summed E-state index contributed by atoms with van der Waals surface area (Å²) in [5.74, 6) is 0.599. The van der Waals surface area contributed by atoms with Crippen LogP contribution in [0.5, 0.6) is 5.75 Å². The second-order valence-electron chi connectivity index (χ2n) is 5.61. The summed E-state index contributed by atoms with van der Waals surface area (Å²) in [5.41, 5.74) is 2.88. The van der Waals surface area contributed by atoms with Crippen LogP contribution >= 0.6 is 0 Å². The highest BCUT2D eigenvalue weighted by Crippen LogP contribution is 2.21. The number of ether oxygens (including phenoxy) is 2. The lowest BCUT2D eigenvalue weighted by atomic mass is 10.1. The van der Waals surface area contributed by atoms with Crippen molar-refractivity contribution in [3.05, 3.63) is 46.3 Å². The van der Waals surface area contributed by atoms with Gasteiger partial charge in [-0.2, -0.15) is 0 Å². The van der Waals surface area contributed by atoms with Gasteiger partial charge in [-0.25, -0.2) is 4.79 Å². The van der Waals surface area contributed by atoms with Crippen molar-refractivity contribution in [3.8, 4) is 5.75 Å². The largest absolute Gasteiger partial charge is 0.496 e. The Morgan fingerprint density at radius 2 is 2.00 bits per heavy atom. The number of carbonyl (C=O) groups is 2. The van der Waals surface area contributed by atoms with E-state index in [1.54, 1.807) is 18.2 Å². The van der Waals surface area contributed by atoms with Crippen LogP contribution in [0.15, 0.2) is 22.7 Å². The van der Waals surface area contributed by atoms with Crippen molar-refractivity contribution in [3.63, 3.8) is 0 Å². The molecule has 0 saturated carbocycles. The first-order valence-electron chi connectivity index (χ1n) is 7.90. The zero-order valence-corrected chi connectivity index (χ0v) is 14.8.